The highest BCUT2D eigenvalue weighted by atomic mass is 32.2. The lowest BCUT2D eigenvalue weighted by Crippen LogP contribution is -2.62. The van der Waals surface area contributed by atoms with Crippen LogP contribution in [0.5, 0.6) is 0 Å². The zero-order valence-corrected chi connectivity index (χ0v) is 16.1. The third-order valence-electron chi connectivity index (χ3n) is 5.39. The predicted octanol–water partition coefficient (Wildman–Crippen LogP) is 3.38. The van der Waals surface area contributed by atoms with Gasteiger partial charge in [-0.3, -0.25) is 9.69 Å². The average Bonchev–Trinajstić information content (AvgIpc) is 3.13. The number of rotatable bonds is 4. The molecule has 1 amide bonds. The van der Waals surface area contributed by atoms with Gasteiger partial charge in [0.2, 0.25) is 0 Å². The lowest BCUT2D eigenvalue weighted by molar-refractivity contribution is 0.0217. The Morgan fingerprint density at radius 2 is 2.08 bits per heavy atom. The monoisotopic (exact) mass is 384 g/mol. The van der Waals surface area contributed by atoms with Crippen molar-refractivity contribution in [3.63, 3.8) is 0 Å². The fourth-order valence-corrected chi connectivity index (χ4v) is 5.66. The second-order valence-electron chi connectivity index (χ2n) is 6.84. The van der Waals surface area contributed by atoms with Gasteiger partial charge in [-0.05, 0) is 63.0 Å². The molecule has 7 heteroatoms. The van der Waals surface area contributed by atoms with Crippen LogP contribution in [0.25, 0.3) is 0 Å². The van der Waals surface area contributed by atoms with Crippen LogP contribution in [0.3, 0.4) is 0 Å². The van der Waals surface area contributed by atoms with Crippen LogP contribution >= 0.6 is 23.1 Å². The minimum atomic E-state index is 0.00756. The van der Waals surface area contributed by atoms with Gasteiger partial charge in [0.1, 0.15) is 10.9 Å². The standard InChI is InChI=1S/C19H20N4OS2/c1-12-17(13-6-8-23(12)9-7-13)22-18(24)14-2-4-15(5-3-14)25-19-21-11-16(10-20)26-19/h2-5,11-13,17H,6-9H2,1H3,(H,22,24). The molecule has 4 heterocycles. The molecular formula is C19H20N4OS2. The Hall–Kier alpha value is -1.88. The van der Waals surface area contributed by atoms with Crippen molar-refractivity contribution in [3.05, 3.63) is 40.9 Å². The summed E-state index contributed by atoms with van der Waals surface area (Å²) in [6.45, 7) is 4.54. The van der Waals surface area contributed by atoms with Gasteiger partial charge in [0, 0.05) is 22.5 Å². The van der Waals surface area contributed by atoms with Crippen molar-refractivity contribution >= 4 is 29.0 Å². The molecule has 26 heavy (non-hydrogen) atoms. The summed E-state index contributed by atoms with van der Waals surface area (Å²) in [4.78, 5) is 21.0. The normalized spacial score (nSPS) is 27.1. The molecule has 1 N–H and O–H groups in total. The highest BCUT2D eigenvalue weighted by molar-refractivity contribution is 8.01. The van der Waals surface area contributed by atoms with Crippen molar-refractivity contribution in [3.8, 4) is 6.07 Å². The average molecular weight is 385 g/mol. The lowest BCUT2D eigenvalue weighted by atomic mass is 9.79. The van der Waals surface area contributed by atoms with Gasteiger partial charge in [0.25, 0.3) is 5.91 Å². The molecule has 5 nitrogen and oxygen atoms in total. The molecule has 2 atom stereocenters. The Kier molecular flexibility index (Phi) is 4.98. The summed E-state index contributed by atoms with van der Waals surface area (Å²) >= 11 is 2.88. The van der Waals surface area contributed by atoms with Gasteiger partial charge in [0.15, 0.2) is 4.34 Å². The quantitative estimate of drug-likeness (QED) is 0.875. The third-order valence-corrected chi connectivity index (χ3v) is 7.38. The van der Waals surface area contributed by atoms with Crippen LogP contribution in [0, 0.1) is 17.2 Å². The molecule has 134 valence electrons. The molecule has 5 rings (SSSR count). The second-order valence-corrected chi connectivity index (χ2v) is 9.19. The van der Waals surface area contributed by atoms with E-state index in [-0.39, 0.29) is 11.9 Å². The topological polar surface area (TPSA) is 69.0 Å². The first-order valence-corrected chi connectivity index (χ1v) is 10.5. The molecule has 2 unspecified atom stereocenters. The predicted molar refractivity (Wildman–Crippen MR) is 102 cm³/mol. The maximum absolute atomic E-state index is 12.7. The molecule has 2 aromatic rings. The van der Waals surface area contributed by atoms with E-state index >= 15 is 0 Å². The number of nitriles is 1. The number of benzene rings is 1. The molecule has 3 fully saturated rings. The van der Waals surface area contributed by atoms with Gasteiger partial charge in [-0.15, -0.1) is 0 Å². The van der Waals surface area contributed by atoms with E-state index in [0.717, 1.165) is 22.3 Å². The van der Waals surface area contributed by atoms with Crippen LogP contribution in [0.4, 0.5) is 0 Å². The number of amides is 1. The van der Waals surface area contributed by atoms with Crippen LogP contribution in [0.1, 0.15) is 35.0 Å². The van der Waals surface area contributed by atoms with Crippen molar-refractivity contribution in [2.75, 3.05) is 13.1 Å². The molecule has 1 aromatic heterocycles. The largest absolute Gasteiger partial charge is 0.347 e. The highest BCUT2D eigenvalue weighted by Gasteiger charge is 2.40. The maximum atomic E-state index is 12.7. The molecular weight excluding hydrogens is 364 g/mol. The van der Waals surface area contributed by atoms with Gasteiger partial charge in [0.05, 0.1) is 6.20 Å². The smallest absolute Gasteiger partial charge is 0.251 e. The molecule has 0 spiro atoms. The number of hydrogen-bond donors (Lipinski definition) is 1. The first-order valence-electron chi connectivity index (χ1n) is 8.83. The number of nitrogens with one attached hydrogen (secondary N) is 1. The molecule has 2 bridgehead atoms. The van der Waals surface area contributed by atoms with Crippen molar-refractivity contribution < 1.29 is 4.79 Å². The summed E-state index contributed by atoms with van der Waals surface area (Å²) in [7, 11) is 0. The first kappa shape index (κ1) is 17.5. The molecule has 3 aliphatic rings. The van der Waals surface area contributed by atoms with Crippen LogP contribution in [-0.2, 0) is 0 Å². The van der Waals surface area contributed by atoms with Crippen LogP contribution in [0.2, 0.25) is 0 Å². The molecule has 3 aliphatic heterocycles. The zero-order valence-electron chi connectivity index (χ0n) is 14.5. The summed E-state index contributed by atoms with van der Waals surface area (Å²) in [6, 6.07) is 10.4. The molecule has 1 aromatic carbocycles. The van der Waals surface area contributed by atoms with E-state index in [0.29, 0.717) is 22.4 Å². The number of nitrogens with zero attached hydrogens (tertiary/aromatic N) is 3. The van der Waals surface area contributed by atoms with E-state index in [1.807, 2.05) is 24.3 Å². The fourth-order valence-electron chi connectivity index (χ4n) is 3.91. The summed E-state index contributed by atoms with van der Waals surface area (Å²) in [6.07, 6.45) is 3.95. The highest BCUT2D eigenvalue weighted by Crippen LogP contribution is 2.33. The number of hydrogen-bond acceptors (Lipinski definition) is 6. The van der Waals surface area contributed by atoms with E-state index < -0.39 is 0 Å². The Balaban J connectivity index is 1.40. The second kappa shape index (κ2) is 7.39. The number of aromatic nitrogens is 1. The Morgan fingerprint density at radius 3 is 2.69 bits per heavy atom. The summed E-state index contributed by atoms with van der Waals surface area (Å²) in [5.41, 5.74) is 0.690. The molecule has 0 radical (unpaired) electrons. The number of piperidine rings is 3. The summed E-state index contributed by atoms with van der Waals surface area (Å²) in [5, 5.41) is 12.1. The van der Waals surface area contributed by atoms with Gasteiger partial charge in [-0.2, -0.15) is 5.26 Å². The van der Waals surface area contributed by atoms with Crippen molar-refractivity contribution in [2.24, 2.45) is 5.92 Å². The van der Waals surface area contributed by atoms with Gasteiger partial charge in [-0.1, -0.05) is 23.1 Å². The molecule has 0 aliphatic carbocycles. The van der Waals surface area contributed by atoms with Gasteiger partial charge < -0.3 is 5.32 Å². The van der Waals surface area contributed by atoms with Crippen LogP contribution in [-0.4, -0.2) is 41.0 Å². The van der Waals surface area contributed by atoms with Crippen LogP contribution < -0.4 is 5.32 Å². The van der Waals surface area contributed by atoms with E-state index in [1.165, 1.54) is 35.9 Å². The lowest BCUT2D eigenvalue weighted by Gasteiger charge is -2.49. The van der Waals surface area contributed by atoms with Crippen molar-refractivity contribution in [2.45, 2.75) is 41.1 Å². The minimum Gasteiger partial charge on any atom is -0.347 e. The third kappa shape index (κ3) is 3.50. The van der Waals surface area contributed by atoms with E-state index in [9.17, 15) is 4.79 Å². The van der Waals surface area contributed by atoms with Gasteiger partial charge in [-0.25, -0.2) is 4.98 Å². The maximum Gasteiger partial charge on any atom is 0.251 e. The SMILES string of the molecule is CC1C(NC(=O)c2ccc(Sc3ncc(C#N)s3)cc2)C2CCN1CC2. The molecule has 3 saturated heterocycles. The van der Waals surface area contributed by atoms with Gasteiger partial charge >= 0.3 is 0 Å². The molecule has 0 saturated carbocycles. The van der Waals surface area contributed by atoms with Crippen molar-refractivity contribution in [1.29, 1.82) is 5.26 Å². The minimum absolute atomic E-state index is 0.00756. The first-order chi connectivity index (χ1) is 12.6. The van der Waals surface area contributed by atoms with Crippen molar-refractivity contribution in [1.82, 2.24) is 15.2 Å². The Bertz CT molecular complexity index is 832. The number of thiazole rings is 1. The number of fused-ring (bicyclic) bond motifs is 3. The van der Waals surface area contributed by atoms with E-state index in [2.05, 4.69) is 28.2 Å². The summed E-state index contributed by atoms with van der Waals surface area (Å²) < 4.78 is 0.833. The van der Waals surface area contributed by atoms with Crippen LogP contribution in [0.15, 0.2) is 39.7 Å². The summed E-state index contributed by atoms with van der Waals surface area (Å²) in [5.74, 6) is 0.612. The zero-order chi connectivity index (χ0) is 18.1. The van der Waals surface area contributed by atoms with E-state index in [1.54, 1.807) is 6.20 Å². The van der Waals surface area contributed by atoms with E-state index in [4.69, 9.17) is 5.26 Å². The Labute approximate surface area is 161 Å². The fraction of sp³-hybridized carbons (Fsp3) is 0.421. The number of carbonyl (C=O) groups excluding carboxylic acids is 1. The Morgan fingerprint density at radius 1 is 1.35 bits per heavy atom. The number of carbonyl (C=O) groups is 1.